The van der Waals surface area contributed by atoms with Crippen LogP contribution in [-0.4, -0.2) is 33.6 Å². The molecule has 0 unspecified atom stereocenters. The molecule has 0 saturated heterocycles. The Kier molecular flexibility index (Phi) is 20.2. The van der Waals surface area contributed by atoms with Crippen LogP contribution in [0.3, 0.4) is 0 Å². The van der Waals surface area contributed by atoms with Gasteiger partial charge in [0.25, 0.3) is 0 Å². The first-order chi connectivity index (χ1) is 46.7. The number of fused-ring (bicyclic) bond motifs is 8. The fourth-order valence-electron chi connectivity index (χ4n) is 12.3. The summed E-state index contributed by atoms with van der Waals surface area (Å²) in [6.45, 7) is 0. The molecule has 8 bridgehead atoms. The van der Waals surface area contributed by atoms with Crippen molar-refractivity contribution in [3.8, 4) is 44.5 Å². The van der Waals surface area contributed by atoms with E-state index >= 15 is 0 Å². The van der Waals surface area contributed by atoms with Crippen LogP contribution in [0, 0.1) is 0 Å². The fraction of sp³-hybridized carbons (Fsp3) is 0.150. The van der Waals surface area contributed by atoms with Gasteiger partial charge in [-0.05, 0) is 167 Å². The molecule has 11 aromatic rings. The van der Waals surface area contributed by atoms with E-state index in [4.69, 9.17) is 19.9 Å². The number of anilines is 4. The van der Waals surface area contributed by atoms with Crippen molar-refractivity contribution in [3.63, 3.8) is 0 Å². The summed E-state index contributed by atoms with van der Waals surface area (Å²) in [5.74, 6) is -0.373. The maximum Gasteiger partial charge on any atom is 2.00 e. The van der Waals surface area contributed by atoms with E-state index in [0.29, 0.717) is 119 Å². The molecule has 2 aliphatic rings. The summed E-state index contributed by atoms with van der Waals surface area (Å²) in [4.78, 5) is 75.6. The normalized spacial score (nSPS) is 11.4. The number of hydrogen-bond donors (Lipinski definition) is 4. The summed E-state index contributed by atoms with van der Waals surface area (Å²) in [6.07, 6.45) is 27.7. The number of nitrogens with zero attached hydrogens (tertiary/aromatic N) is 8. The molecule has 13 rings (SSSR count). The molecular weight excluding hydrogens is 1250 g/mol. The monoisotopic (exact) mass is 1320 g/mol. The molecule has 479 valence electrons. The molecule has 0 aliphatic carbocycles. The summed E-state index contributed by atoms with van der Waals surface area (Å²) >= 11 is 0. The fourth-order valence-corrected chi connectivity index (χ4v) is 12.3. The Hall–Kier alpha value is -11.5. The summed E-state index contributed by atoms with van der Waals surface area (Å²) in [6, 6.07) is 55.2. The Morgan fingerprint density at radius 1 is 0.320 bits per heavy atom. The minimum atomic E-state index is -0.0931. The van der Waals surface area contributed by atoms with Crippen molar-refractivity contribution in [3.05, 3.63) is 264 Å². The molecule has 9 heterocycles. The number of nitrogens with one attached hydrogen (secondary N) is 4. The topological polar surface area (TPSA) is 186 Å². The maximum atomic E-state index is 13.4. The third kappa shape index (κ3) is 16.2. The van der Waals surface area contributed by atoms with Gasteiger partial charge in [0.1, 0.15) is 28.2 Å². The summed E-state index contributed by atoms with van der Waals surface area (Å²) in [5, 5.41) is 12.4. The van der Waals surface area contributed by atoms with Crippen LogP contribution >= 0.6 is 0 Å². The maximum absolute atomic E-state index is 13.4. The second-order valence-electron chi connectivity index (χ2n) is 24.4. The first-order valence-corrected chi connectivity index (χ1v) is 32.2. The minimum Gasteiger partial charge on any atom is -0.657 e. The van der Waals surface area contributed by atoms with Crippen molar-refractivity contribution in [2.75, 3.05) is 21.3 Å². The van der Waals surface area contributed by atoms with Gasteiger partial charge >= 0.3 is 17.1 Å². The van der Waals surface area contributed by atoms with Gasteiger partial charge < -0.3 is 31.2 Å². The van der Waals surface area contributed by atoms with Gasteiger partial charge in [0.2, 0.25) is 23.6 Å². The van der Waals surface area contributed by atoms with Crippen LogP contribution in [0.1, 0.15) is 70.7 Å². The van der Waals surface area contributed by atoms with Crippen molar-refractivity contribution in [2.24, 2.45) is 28.2 Å². The molecule has 1 radical (unpaired) electrons. The van der Waals surface area contributed by atoms with Crippen LogP contribution in [0.25, 0.3) is 90.9 Å². The van der Waals surface area contributed by atoms with Gasteiger partial charge in [0, 0.05) is 95.0 Å². The standard InChI is InChI=1S/C80H70N12O4.Mn/c1-89-45-5-9-53(49-89)13-41-73(93)81-61-25-17-57(18-26-61)77-65-33-35-67(85-65)78(58-19-27-62(28-20-58)82-74(94)42-14-54-10-6-46-90(2)50-54)69-37-39-71(87-69)80(60-23-31-64(32-24-60)84-76(96)44-16-56-12-8-48-92(4)52-56)72-40-38-70(88-72)79(68-36-34-66(77)86-68)59-21-29-63(30-22-59)83-75(95)43-15-55-11-7-47-91(3)51-55;/h5-12,17-40,45-52H,13-16,41-44H2,1-4H3,(H2-4,81,82,83,84,85,86,87,88,93,94,95,96);/q;+2/p+2. The number of aromatic nitrogens is 8. The van der Waals surface area contributed by atoms with Crippen molar-refractivity contribution in [1.82, 2.24) is 19.9 Å². The van der Waals surface area contributed by atoms with E-state index in [0.717, 1.165) is 66.8 Å². The Morgan fingerprint density at radius 3 is 0.742 bits per heavy atom. The van der Waals surface area contributed by atoms with E-state index in [-0.39, 0.29) is 40.7 Å². The summed E-state index contributed by atoms with van der Waals surface area (Å²) in [7, 11) is 7.87. The second kappa shape index (κ2) is 29.8. The zero-order chi connectivity index (χ0) is 66.1. The third-order valence-electron chi connectivity index (χ3n) is 17.0. The van der Waals surface area contributed by atoms with E-state index in [2.05, 4.69) is 21.3 Å². The van der Waals surface area contributed by atoms with Gasteiger partial charge in [-0.25, -0.2) is 28.2 Å². The van der Waals surface area contributed by atoms with Crippen LogP contribution in [0.4, 0.5) is 22.7 Å². The molecule has 4 N–H and O–H groups in total. The first-order valence-electron chi connectivity index (χ1n) is 32.2. The molecule has 0 saturated carbocycles. The van der Waals surface area contributed by atoms with E-state index in [1.807, 2.05) is 290 Å². The Balaban J connectivity index is 0.00000897. The van der Waals surface area contributed by atoms with Crippen LogP contribution < -0.4 is 49.5 Å². The predicted octanol–water partition coefficient (Wildman–Crippen LogP) is 12.2. The number of amides is 4. The zero-order valence-corrected chi connectivity index (χ0v) is 55.5. The molecule has 17 heteroatoms. The van der Waals surface area contributed by atoms with Crippen LogP contribution in [-0.2, 0) is 90.1 Å². The average Bonchev–Trinajstić information content (AvgIpc) is 1.63. The molecule has 97 heavy (non-hydrogen) atoms. The molecule has 4 amide bonds. The van der Waals surface area contributed by atoms with E-state index in [1.165, 1.54) is 0 Å². The van der Waals surface area contributed by atoms with Gasteiger partial charge in [0.05, 0.1) is 22.8 Å². The van der Waals surface area contributed by atoms with Gasteiger partial charge in [-0.2, -0.15) is 0 Å². The second-order valence-corrected chi connectivity index (χ2v) is 24.4. The van der Waals surface area contributed by atoms with Crippen molar-refractivity contribution < 1.29 is 54.5 Å². The molecule has 4 aromatic carbocycles. The number of hydrogen-bond acceptors (Lipinski definition) is 6. The number of carbonyl (C=O) groups excluding carboxylic acids is 4. The van der Waals surface area contributed by atoms with E-state index in [9.17, 15) is 19.2 Å². The SMILES string of the molecule is C[n+]1cccc(CCC(=O)Nc2ccc(-c3c4nc(c(-c5ccc(NC(=O)CCc6ccc[n+](C)c6)cc5)c5ccc([n-]5)c(-c5ccc(NC(=O)CCc6ccc[n+](C)c6)cc5)c5nc(c(-c6ccc(NC(=O)CCc7ccc[n+](C)c7)cc6)c6ccc3[n-]6)C=C5)C=C4)cc2)c1.[Mn+2]. The van der Waals surface area contributed by atoms with Crippen molar-refractivity contribution in [2.45, 2.75) is 51.4 Å². The largest absolute Gasteiger partial charge is 2.00 e. The molecule has 0 fully saturated rings. The zero-order valence-electron chi connectivity index (χ0n) is 54.3. The van der Waals surface area contributed by atoms with Gasteiger partial charge in [0.15, 0.2) is 49.6 Å². The number of rotatable bonds is 20. The minimum absolute atomic E-state index is 0. The molecular formula is C80H72MnN12O4+4. The van der Waals surface area contributed by atoms with Crippen LogP contribution in [0.15, 0.2) is 219 Å². The smallest absolute Gasteiger partial charge is 0.657 e. The van der Waals surface area contributed by atoms with Gasteiger partial charge in [-0.1, -0.05) is 72.8 Å². The third-order valence-corrected chi connectivity index (χ3v) is 17.0. The number of pyridine rings is 4. The van der Waals surface area contributed by atoms with Crippen molar-refractivity contribution >= 4 is 92.7 Å². The molecule has 0 spiro atoms. The Labute approximate surface area is 573 Å². The quantitative estimate of drug-likeness (QED) is 0.0429. The Morgan fingerprint density at radius 2 is 0.536 bits per heavy atom. The summed E-state index contributed by atoms with van der Waals surface area (Å²) in [5.41, 5.74) is 18.4. The molecule has 2 aliphatic heterocycles. The molecule has 7 aromatic heterocycles. The first kappa shape index (κ1) is 65.5. The van der Waals surface area contributed by atoms with E-state index < -0.39 is 0 Å². The molecule has 0 atom stereocenters. The van der Waals surface area contributed by atoms with Gasteiger partial charge in [-0.3, -0.25) is 19.2 Å². The number of benzene rings is 4. The van der Waals surface area contributed by atoms with Gasteiger partial charge in [-0.15, -0.1) is 22.1 Å². The molecule has 16 nitrogen and oxygen atoms in total. The Bertz CT molecular complexity index is 4400. The van der Waals surface area contributed by atoms with Crippen LogP contribution in [0.5, 0.6) is 0 Å². The number of carbonyl (C=O) groups is 4. The average molecular weight is 1320 g/mol. The number of aryl methyl sites for hydroxylation is 8. The predicted molar refractivity (Wildman–Crippen MR) is 377 cm³/mol. The van der Waals surface area contributed by atoms with E-state index in [1.54, 1.807) is 0 Å². The summed E-state index contributed by atoms with van der Waals surface area (Å²) < 4.78 is 7.91. The van der Waals surface area contributed by atoms with Crippen molar-refractivity contribution in [1.29, 1.82) is 0 Å². The van der Waals surface area contributed by atoms with Crippen LogP contribution in [0.2, 0.25) is 0 Å².